The second-order valence-electron chi connectivity index (χ2n) is 4.45. The maximum absolute atomic E-state index is 5.63. The van der Waals surface area contributed by atoms with Gasteiger partial charge in [-0.15, -0.1) is 11.8 Å². The minimum Gasteiger partial charge on any atom is -0.380 e. The Balaban J connectivity index is 2.33. The number of ether oxygens (including phenoxy) is 1. The molecule has 0 radical (unpaired) electrons. The van der Waals surface area contributed by atoms with E-state index >= 15 is 0 Å². The SMILES string of the molecule is CCCOCC(CSc1ccc(C)cc1)NCC. The summed E-state index contributed by atoms with van der Waals surface area (Å²) in [4.78, 5) is 1.33. The molecular formula is C15H25NOS. The van der Waals surface area contributed by atoms with Crippen LogP contribution in [0.3, 0.4) is 0 Å². The summed E-state index contributed by atoms with van der Waals surface area (Å²) in [6, 6.07) is 9.15. The number of rotatable bonds is 9. The molecule has 0 aromatic heterocycles. The number of benzene rings is 1. The lowest BCUT2D eigenvalue weighted by molar-refractivity contribution is 0.117. The van der Waals surface area contributed by atoms with Crippen molar-refractivity contribution < 1.29 is 4.74 Å². The second kappa shape index (κ2) is 9.42. The van der Waals surface area contributed by atoms with Crippen LogP contribution in [0.4, 0.5) is 0 Å². The predicted molar refractivity (Wildman–Crippen MR) is 80.5 cm³/mol. The van der Waals surface area contributed by atoms with Crippen LogP contribution in [0.15, 0.2) is 29.2 Å². The Morgan fingerprint density at radius 1 is 1.22 bits per heavy atom. The van der Waals surface area contributed by atoms with Crippen molar-refractivity contribution in [1.29, 1.82) is 0 Å². The number of thioether (sulfide) groups is 1. The van der Waals surface area contributed by atoms with Gasteiger partial charge in [-0.25, -0.2) is 0 Å². The summed E-state index contributed by atoms with van der Waals surface area (Å²) in [5.41, 5.74) is 1.31. The van der Waals surface area contributed by atoms with Crippen LogP contribution in [0.25, 0.3) is 0 Å². The summed E-state index contributed by atoms with van der Waals surface area (Å²) in [5, 5.41) is 3.48. The summed E-state index contributed by atoms with van der Waals surface area (Å²) in [5.74, 6) is 1.06. The van der Waals surface area contributed by atoms with Gasteiger partial charge in [0.1, 0.15) is 0 Å². The zero-order valence-electron chi connectivity index (χ0n) is 11.7. The van der Waals surface area contributed by atoms with Crippen molar-refractivity contribution in [2.24, 2.45) is 0 Å². The molecular weight excluding hydrogens is 242 g/mol. The summed E-state index contributed by atoms with van der Waals surface area (Å²) >= 11 is 1.89. The standard InChI is InChI=1S/C15H25NOS/c1-4-10-17-11-14(16-5-2)12-18-15-8-6-13(3)7-9-15/h6-9,14,16H,4-5,10-12H2,1-3H3. The average Bonchev–Trinajstić information content (AvgIpc) is 2.38. The fourth-order valence-corrected chi connectivity index (χ4v) is 2.59. The fraction of sp³-hybridized carbons (Fsp3) is 0.600. The quantitative estimate of drug-likeness (QED) is 0.546. The molecule has 1 N–H and O–H groups in total. The molecule has 0 fully saturated rings. The summed E-state index contributed by atoms with van der Waals surface area (Å²) in [7, 11) is 0. The van der Waals surface area contributed by atoms with Crippen LogP contribution in [0.2, 0.25) is 0 Å². The molecule has 1 rings (SSSR count). The van der Waals surface area contributed by atoms with Crippen molar-refractivity contribution in [2.75, 3.05) is 25.5 Å². The molecule has 1 atom stereocenters. The zero-order valence-corrected chi connectivity index (χ0v) is 12.6. The minimum atomic E-state index is 0.438. The number of hydrogen-bond donors (Lipinski definition) is 1. The Morgan fingerprint density at radius 2 is 1.94 bits per heavy atom. The van der Waals surface area contributed by atoms with E-state index in [-0.39, 0.29) is 0 Å². The number of likely N-dealkylation sites (N-methyl/N-ethyl adjacent to an activating group) is 1. The van der Waals surface area contributed by atoms with Crippen LogP contribution in [0.1, 0.15) is 25.8 Å². The second-order valence-corrected chi connectivity index (χ2v) is 5.55. The van der Waals surface area contributed by atoms with E-state index in [1.54, 1.807) is 0 Å². The predicted octanol–water partition coefficient (Wildman–Crippen LogP) is 3.49. The summed E-state index contributed by atoms with van der Waals surface area (Å²) in [6.45, 7) is 9.06. The molecule has 0 aliphatic rings. The van der Waals surface area contributed by atoms with Crippen LogP contribution in [0.5, 0.6) is 0 Å². The van der Waals surface area contributed by atoms with Crippen molar-refractivity contribution in [3.8, 4) is 0 Å². The van der Waals surface area contributed by atoms with Gasteiger partial charge in [-0.1, -0.05) is 31.5 Å². The molecule has 0 saturated carbocycles. The van der Waals surface area contributed by atoms with Crippen molar-refractivity contribution >= 4 is 11.8 Å². The lowest BCUT2D eigenvalue weighted by atomic mass is 10.2. The molecule has 0 amide bonds. The Bertz CT molecular complexity index is 313. The molecule has 0 aliphatic heterocycles. The van der Waals surface area contributed by atoms with Crippen LogP contribution >= 0.6 is 11.8 Å². The number of hydrogen-bond acceptors (Lipinski definition) is 3. The number of aryl methyl sites for hydroxylation is 1. The van der Waals surface area contributed by atoms with E-state index in [1.807, 2.05) is 11.8 Å². The maximum Gasteiger partial charge on any atom is 0.0627 e. The van der Waals surface area contributed by atoms with Gasteiger partial charge in [-0.3, -0.25) is 0 Å². The highest BCUT2D eigenvalue weighted by atomic mass is 32.2. The molecule has 0 aliphatic carbocycles. The van der Waals surface area contributed by atoms with E-state index in [0.29, 0.717) is 6.04 Å². The molecule has 102 valence electrons. The summed E-state index contributed by atoms with van der Waals surface area (Å²) < 4.78 is 5.63. The monoisotopic (exact) mass is 267 g/mol. The number of nitrogens with one attached hydrogen (secondary N) is 1. The van der Waals surface area contributed by atoms with Gasteiger partial charge in [-0.05, 0) is 32.0 Å². The van der Waals surface area contributed by atoms with Gasteiger partial charge in [0.05, 0.1) is 6.61 Å². The van der Waals surface area contributed by atoms with E-state index in [0.717, 1.165) is 31.9 Å². The van der Waals surface area contributed by atoms with Gasteiger partial charge in [0.2, 0.25) is 0 Å². The highest BCUT2D eigenvalue weighted by molar-refractivity contribution is 7.99. The molecule has 1 aromatic carbocycles. The molecule has 1 unspecified atom stereocenters. The Kier molecular flexibility index (Phi) is 8.14. The van der Waals surface area contributed by atoms with E-state index < -0.39 is 0 Å². The van der Waals surface area contributed by atoms with Gasteiger partial charge in [0.25, 0.3) is 0 Å². The molecule has 18 heavy (non-hydrogen) atoms. The molecule has 0 saturated heterocycles. The molecule has 0 spiro atoms. The van der Waals surface area contributed by atoms with E-state index in [9.17, 15) is 0 Å². The Hall–Kier alpha value is -0.510. The largest absolute Gasteiger partial charge is 0.380 e. The van der Waals surface area contributed by atoms with Crippen molar-refractivity contribution in [2.45, 2.75) is 38.1 Å². The molecule has 2 nitrogen and oxygen atoms in total. The lowest BCUT2D eigenvalue weighted by Crippen LogP contribution is -2.35. The van der Waals surface area contributed by atoms with E-state index in [2.05, 4.69) is 50.4 Å². The molecule has 0 bridgehead atoms. The molecule has 3 heteroatoms. The first-order valence-corrected chi connectivity index (χ1v) is 7.75. The van der Waals surface area contributed by atoms with Crippen LogP contribution in [-0.2, 0) is 4.74 Å². The first-order chi connectivity index (χ1) is 8.76. The lowest BCUT2D eigenvalue weighted by Gasteiger charge is -2.17. The first kappa shape index (κ1) is 15.5. The van der Waals surface area contributed by atoms with Gasteiger partial charge in [0.15, 0.2) is 0 Å². The third-order valence-corrected chi connectivity index (χ3v) is 3.81. The van der Waals surface area contributed by atoms with Crippen LogP contribution < -0.4 is 5.32 Å². The van der Waals surface area contributed by atoms with Gasteiger partial charge in [0, 0.05) is 23.3 Å². The normalized spacial score (nSPS) is 12.6. The first-order valence-electron chi connectivity index (χ1n) is 6.76. The van der Waals surface area contributed by atoms with Gasteiger partial charge in [-0.2, -0.15) is 0 Å². The zero-order chi connectivity index (χ0) is 13.2. The van der Waals surface area contributed by atoms with Crippen LogP contribution in [0, 0.1) is 6.92 Å². The van der Waals surface area contributed by atoms with Crippen molar-refractivity contribution in [3.63, 3.8) is 0 Å². The van der Waals surface area contributed by atoms with Gasteiger partial charge < -0.3 is 10.1 Å². The van der Waals surface area contributed by atoms with E-state index in [1.165, 1.54) is 10.5 Å². The van der Waals surface area contributed by atoms with Gasteiger partial charge >= 0.3 is 0 Å². The average molecular weight is 267 g/mol. The smallest absolute Gasteiger partial charge is 0.0627 e. The Labute approximate surface area is 116 Å². The highest BCUT2D eigenvalue weighted by Crippen LogP contribution is 2.19. The topological polar surface area (TPSA) is 21.3 Å². The van der Waals surface area contributed by atoms with Crippen molar-refractivity contribution in [3.05, 3.63) is 29.8 Å². The fourth-order valence-electron chi connectivity index (χ4n) is 1.66. The van der Waals surface area contributed by atoms with E-state index in [4.69, 9.17) is 4.74 Å². The summed E-state index contributed by atoms with van der Waals surface area (Å²) in [6.07, 6.45) is 1.09. The highest BCUT2D eigenvalue weighted by Gasteiger charge is 2.08. The third-order valence-electron chi connectivity index (χ3n) is 2.63. The third kappa shape index (κ3) is 6.43. The van der Waals surface area contributed by atoms with Crippen LogP contribution in [-0.4, -0.2) is 31.6 Å². The molecule has 1 aromatic rings. The maximum atomic E-state index is 5.63. The minimum absolute atomic E-state index is 0.438. The Morgan fingerprint density at radius 3 is 2.56 bits per heavy atom. The van der Waals surface area contributed by atoms with Crippen molar-refractivity contribution in [1.82, 2.24) is 5.32 Å². The molecule has 0 heterocycles.